The zero-order valence-electron chi connectivity index (χ0n) is 13.5. The van der Waals surface area contributed by atoms with Crippen molar-refractivity contribution in [2.45, 2.75) is 24.8 Å². The summed E-state index contributed by atoms with van der Waals surface area (Å²) in [5.41, 5.74) is 0. The van der Waals surface area contributed by atoms with Gasteiger partial charge < -0.3 is 9.64 Å². The number of hydrogen-bond acceptors (Lipinski definition) is 3. The van der Waals surface area contributed by atoms with Crippen molar-refractivity contribution in [2.24, 2.45) is 0 Å². The van der Waals surface area contributed by atoms with Gasteiger partial charge >= 0.3 is 6.09 Å². The fourth-order valence-electron chi connectivity index (χ4n) is 2.04. The van der Waals surface area contributed by atoms with Crippen molar-refractivity contribution in [1.29, 1.82) is 0 Å². The Balaban J connectivity index is 1.91. The van der Waals surface area contributed by atoms with Crippen molar-refractivity contribution < 1.29 is 9.53 Å². The van der Waals surface area contributed by atoms with Crippen LogP contribution < -0.4 is 4.74 Å². The third-order valence-electron chi connectivity index (χ3n) is 3.30. The predicted molar refractivity (Wildman–Crippen MR) is 101 cm³/mol. The average molecular weight is 384 g/mol. The maximum absolute atomic E-state index is 12.4. The highest BCUT2D eigenvalue weighted by Gasteiger charge is 2.19. The molecule has 2 aromatic rings. The summed E-state index contributed by atoms with van der Waals surface area (Å²) in [6.45, 7) is 4.51. The highest BCUT2D eigenvalue weighted by molar-refractivity contribution is 7.99. The number of carbonyl (C=O) groups is 1. The van der Waals surface area contributed by atoms with E-state index in [1.807, 2.05) is 44.2 Å². The fraction of sp³-hybridized carbons (Fsp3) is 0.278. The number of rotatable bonds is 6. The van der Waals surface area contributed by atoms with Gasteiger partial charge in [-0.25, -0.2) is 4.79 Å². The van der Waals surface area contributed by atoms with Crippen LogP contribution in [0.1, 0.15) is 13.8 Å². The van der Waals surface area contributed by atoms with Gasteiger partial charge in [-0.05, 0) is 44.2 Å². The lowest BCUT2D eigenvalue weighted by Gasteiger charge is -2.25. The molecule has 0 saturated carbocycles. The smallest absolute Gasteiger partial charge is 0.410 e. The minimum Gasteiger partial charge on any atom is -0.410 e. The zero-order chi connectivity index (χ0) is 17.5. The van der Waals surface area contributed by atoms with Gasteiger partial charge in [0.1, 0.15) is 5.75 Å². The van der Waals surface area contributed by atoms with Crippen LogP contribution in [-0.2, 0) is 0 Å². The molecule has 6 heteroatoms. The molecule has 0 fully saturated rings. The first-order valence-corrected chi connectivity index (χ1v) is 9.33. The quantitative estimate of drug-likeness (QED) is 0.573. The summed E-state index contributed by atoms with van der Waals surface area (Å²) in [4.78, 5) is 15.1. The van der Waals surface area contributed by atoms with E-state index in [1.54, 1.807) is 34.9 Å². The van der Waals surface area contributed by atoms with Gasteiger partial charge in [-0.2, -0.15) is 0 Å². The first-order chi connectivity index (χ1) is 11.5. The van der Waals surface area contributed by atoms with Gasteiger partial charge in [0.2, 0.25) is 0 Å². The highest BCUT2D eigenvalue weighted by atomic mass is 35.5. The molecule has 0 saturated heterocycles. The molecule has 128 valence electrons. The van der Waals surface area contributed by atoms with Crippen LogP contribution in [0.2, 0.25) is 10.0 Å². The number of para-hydroxylation sites is 1. The van der Waals surface area contributed by atoms with Gasteiger partial charge in [0.15, 0.2) is 0 Å². The second-order valence-electron chi connectivity index (χ2n) is 5.39. The number of thioether (sulfide) groups is 1. The van der Waals surface area contributed by atoms with Crippen LogP contribution in [0.3, 0.4) is 0 Å². The lowest BCUT2D eigenvalue weighted by atomic mass is 10.3. The Labute approximate surface area is 156 Å². The maximum atomic E-state index is 12.4. The van der Waals surface area contributed by atoms with Crippen molar-refractivity contribution in [3.05, 3.63) is 58.6 Å². The van der Waals surface area contributed by atoms with E-state index in [0.29, 0.717) is 22.3 Å². The second-order valence-corrected chi connectivity index (χ2v) is 7.38. The van der Waals surface area contributed by atoms with E-state index in [0.717, 1.165) is 10.6 Å². The van der Waals surface area contributed by atoms with Gasteiger partial charge in [-0.15, -0.1) is 11.8 Å². The molecule has 2 rings (SSSR count). The molecule has 0 spiro atoms. The molecule has 0 aliphatic rings. The van der Waals surface area contributed by atoms with E-state index in [1.165, 1.54) is 0 Å². The molecule has 0 aliphatic heterocycles. The van der Waals surface area contributed by atoms with Crippen molar-refractivity contribution in [1.82, 2.24) is 4.90 Å². The van der Waals surface area contributed by atoms with E-state index in [4.69, 9.17) is 27.9 Å². The van der Waals surface area contributed by atoms with Crippen LogP contribution in [-0.4, -0.2) is 29.3 Å². The molecule has 0 atom stereocenters. The molecule has 0 bridgehead atoms. The lowest BCUT2D eigenvalue weighted by molar-refractivity contribution is 0.142. The summed E-state index contributed by atoms with van der Waals surface area (Å²) in [6, 6.07) is 14.7. The lowest BCUT2D eigenvalue weighted by Crippen LogP contribution is -2.40. The average Bonchev–Trinajstić information content (AvgIpc) is 2.55. The van der Waals surface area contributed by atoms with Crippen LogP contribution >= 0.6 is 35.0 Å². The van der Waals surface area contributed by atoms with Crippen LogP contribution in [0.5, 0.6) is 5.75 Å². The third kappa shape index (κ3) is 5.62. The van der Waals surface area contributed by atoms with Gasteiger partial charge in [-0.3, -0.25) is 0 Å². The number of hydrogen-bond donors (Lipinski definition) is 0. The maximum Gasteiger partial charge on any atom is 0.415 e. The number of ether oxygens (including phenoxy) is 1. The Morgan fingerprint density at radius 3 is 2.46 bits per heavy atom. The summed E-state index contributed by atoms with van der Waals surface area (Å²) in [5, 5.41) is 1.07. The van der Waals surface area contributed by atoms with Crippen LogP contribution in [0, 0.1) is 0 Å². The van der Waals surface area contributed by atoms with E-state index < -0.39 is 0 Å². The largest absolute Gasteiger partial charge is 0.415 e. The highest BCUT2D eigenvalue weighted by Crippen LogP contribution is 2.28. The Morgan fingerprint density at radius 1 is 1.12 bits per heavy atom. The number of amides is 1. The van der Waals surface area contributed by atoms with Crippen molar-refractivity contribution in [2.75, 3.05) is 12.3 Å². The molecule has 1 amide bonds. The molecule has 3 nitrogen and oxygen atoms in total. The minimum absolute atomic E-state index is 0.0515. The molecule has 0 heterocycles. The summed E-state index contributed by atoms with van der Waals surface area (Å²) in [6.07, 6.45) is -0.342. The van der Waals surface area contributed by atoms with Crippen molar-refractivity contribution in [3.63, 3.8) is 0 Å². The summed E-state index contributed by atoms with van der Waals surface area (Å²) >= 11 is 13.6. The van der Waals surface area contributed by atoms with Crippen LogP contribution in [0.25, 0.3) is 0 Å². The van der Waals surface area contributed by atoms with E-state index in [-0.39, 0.29) is 12.1 Å². The molecular weight excluding hydrogens is 365 g/mol. The molecule has 0 unspecified atom stereocenters. The van der Waals surface area contributed by atoms with Crippen molar-refractivity contribution >= 4 is 41.1 Å². The van der Waals surface area contributed by atoms with Gasteiger partial charge in [0, 0.05) is 23.2 Å². The van der Waals surface area contributed by atoms with E-state index in [9.17, 15) is 4.79 Å². The summed E-state index contributed by atoms with van der Waals surface area (Å²) < 4.78 is 5.41. The van der Waals surface area contributed by atoms with E-state index >= 15 is 0 Å². The zero-order valence-corrected chi connectivity index (χ0v) is 15.9. The predicted octanol–water partition coefficient (Wildman–Crippen LogP) is 5.99. The second kappa shape index (κ2) is 9.21. The van der Waals surface area contributed by atoms with Gasteiger partial charge in [0.05, 0.1) is 10.0 Å². The molecule has 24 heavy (non-hydrogen) atoms. The van der Waals surface area contributed by atoms with Crippen LogP contribution in [0.15, 0.2) is 53.4 Å². The normalized spacial score (nSPS) is 10.7. The Bertz CT molecular complexity index is 680. The third-order valence-corrected chi connectivity index (χ3v) is 5.01. The molecule has 0 N–H and O–H groups in total. The van der Waals surface area contributed by atoms with Crippen molar-refractivity contribution in [3.8, 4) is 5.75 Å². The molecule has 0 radical (unpaired) electrons. The first-order valence-electron chi connectivity index (χ1n) is 7.58. The number of carbonyl (C=O) groups excluding carboxylic acids is 1. The SMILES string of the molecule is CC(C)N(CCSc1ccc(Cl)c(Cl)c1)C(=O)Oc1ccccc1. The number of benzene rings is 2. The Hall–Kier alpha value is -1.36. The Kier molecular flexibility index (Phi) is 7.28. The first kappa shape index (κ1) is 19.0. The molecule has 0 aliphatic carbocycles. The van der Waals surface area contributed by atoms with Gasteiger partial charge in [0.25, 0.3) is 0 Å². The number of nitrogens with zero attached hydrogens (tertiary/aromatic N) is 1. The molecule has 0 aromatic heterocycles. The van der Waals surface area contributed by atoms with E-state index in [2.05, 4.69) is 0 Å². The molecule has 2 aromatic carbocycles. The van der Waals surface area contributed by atoms with Gasteiger partial charge in [-0.1, -0.05) is 41.4 Å². The topological polar surface area (TPSA) is 29.5 Å². The van der Waals surface area contributed by atoms with Crippen LogP contribution in [0.4, 0.5) is 4.79 Å². The standard InChI is InChI=1S/C18H19Cl2NO2S/c1-13(2)21(18(22)23-14-6-4-3-5-7-14)10-11-24-15-8-9-16(19)17(20)12-15/h3-9,12-13H,10-11H2,1-2H3. The summed E-state index contributed by atoms with van der Waals surface area (Å²) in [7, 11) is 0. The minimum atomic E-state index is -0.342. The fourth-order valence-corrected chi connectivity index (χ4v) is 3.29. The number of halogens is 2. The molecular formula is C18H19Cl2NO2S. The summed E-state index contributed by atoms with van der Waals surface area (Å²) in [5.74, 6) is 1.28. The monoisotopic (exact) mass is 383 g/mol. The Morgan fingerprint density at radius 2 is 1.83 bits per heavy atom.